The molecule has 74 valence electrons. The molecule has 0 bridgehead atoms. The van der Waals surface area contributed by atoms with Crippen molar-refractivity contribution in [2.24, 2.45) is 0 Å². The van der Waals surface area contributed by atoms with Gasteiger partial charge in [-0.25, -0.2) is 0 Å². The Morgan fingerprint density at radius 2 is 2.36 bits per heavy atom. The average molecular weight is 192 g/mol. The van der Waals surface area contributed by atoms with Crippen LogP contribution in [0.5, 0.6) is 0 Å². The number of rotatable bonds is 2. The van der Waals surface area contributed by atoms with Crippen LogP contribution in [-0.4, -0.2) is 12.4 Å². The summed E-state index contributed by atoms with van der Waals surface area (Å²) in [5.74, 6) is 0.692. The van der Waals surface area contributed by atoms with E-state index in [0.717, 1.165) is 18.4 Å². The van der Waals surface area contributed by atoms with E-state index in [1.807, 2.05) is 0 Å². The maximum absolute atomic E-state index is 11.9. The van der Waals surface area contributed by atoms with E-state index >= 15 is 0 Å². The highest BCUT2D eigenvalue weighted by molar-refractivity contribution is 6.09. The molecule has 0 unspecified atom stereocenters. The Morgan fingerprint density at radius 1 is 1.50 bits per heavy atom. The molecule has 14 heavy (non-hydrogen) atoms. The van der Waals surface area contributed by atoms with Crippen LogP contribution in [0.15, 0.2) is 28.6 Å². The Labute approximate surface area is 82.4 Å². The summed E-state index contributed by atoms with van der Waals surface area (Å²) in [6, 6.07) is 1.70. The molecule has 1 aromatic heterocycles. The van der Waals surface area contributed by atoms with E-state index < -0.39 is 0 Å². The Balaban J connectivity index is 2.23. The molecule has 1 aromatic rings. The number of aryl methyl sites for hydroxylation is 1. The van der Waals surface area contributed by atoms with E-state index in [9.17, 15) is 4.79 Å². The SMILES string of the molecule is Cc1occc1C(=O)C1=COCCC1. The third-order valence-corrected chi connectivity index (χ3v) is 2.33. The van der Waals surface area contributed by atoms with Crippen molar-refractivity contribution >= 4 is 5.78 Å². The number of carbonyl (C=O) groups is 1. The first kappa shape index (κ1) is 9.06. The predicted molar refractivity (Wildman–Crippen MR) is 51.0 cm³/mol. The molecule has 3 heteroatoms. The van der Waals surface area contributed by atoms with Gasteiger partial charge in [0.15, 0.2) is 5.78 Å². The number of ether oxygens (including phenoxy) is 1. The molecule has 1 aliphatic heterocycles. The molecule has 0 atom stereocenters. The summed E-state index contributed by atoms with van der Waals surface area (Å²) in [5, 5.41) is 0. The fourth-order valence-corrected chi connectivity index (χ4v) is 1.52. The highest BCUT2D eigenvalue weighted by atomic mass is 16.5. The van der Waals surface area contributed by atoms with Crippen molar-refractivity contribution in [3.05, 3.63) is 35.5 Å². The third-order valence-electron chi connectivity index (χ3n) is 2.33. The van der Waals surface area contributed by atoms with E-state index in [4.69, 9.17) is 9.15 Å². The van der Waals surface area contributed by atoms with Gasteiger partial charge in [-0.1, -0.05) is 0 Å². The van der Waals surface area contributed by atoms with Crippen LogP contribution in [0.1, 0.15) is 29.0 Å². The molecule has 0 saturated heterocycles. The normalized spacial score (nSPS) is 15.9. The minimum absolute atomic E-state index is 0.0240. The molecule has 0 amide bonds. The van der Waals surface area contributed by atoms with Crippen LogP contribution >= 0.6 is 0 Å². The van der Waals surface area contributed by atoms with Crippen molar-refractivity contribution in [2.45, 2.75) is 19.8 Å². The number of carbonyl (C=O) groups excluding carboxylic acids is 1. The highest BCUT2D eigenvalue weighted by Crippen LogP contribution is 2.20. The largest absolute Gasteiger partial charge is 0.501 e. The Hall–Kier alpha value is -1.51. The third kappa shape index (κ3) is 1.58. The summed E-state index contributed by atoms with van der Waals surface area (Å²) in [5.41, 5.74) is 1.38. The van der Waals surface area contributed by atoms with Gasteiger partial charge in [0.2, 0.25) is 0 Å². The fraction of sp³-hybridized carbons (Fsp3) is 0.364. The Kier molecular flexibility index (Phi) is 2.39. The number of Topliss-reactive ketones (excluding diaryl/α,β-unsaturated/α-hetero) is 1. The minimum Gasteiger partial charge on any atom is -0.501 e. The van der Waals surface area contributed by atoms with Crippen LogP contribution in [0.4, 0.5) is 0 Å². The lowest BCUT2D eigenvalue weighted by molar-refractivity contribution is 0.101. The van der Waals surface area contributed by atoms with Gasteiger partial charge in [0.25, 0.3) is 0 Å². The first-order chi connectivity index (χ1) is 6.79. The molecule has 0 N–H and O–H groups in total. The number of ketones is 1. The van der Waals surface area contributed by atoms with Crippen molar-refractivity contribution < 1.29 is 13.9 Å². The fourth-order valence-electron chi connectivity index (χ4n) is 1.52. The Bertz CT molecular complexity index is 374. The molecule has 0 saturated carbocycles. The second-order valence-corrected chi connectivity index (χ2v) is 3.34. The summed E-state index contributed by atoms with van der Waals surface area (Å²) in [6.45, 7) is 2.50. The standard InChI is InChI=1S/C11H12O3/c1-8-10(4-6-14-8)11(12)9-3-2-5-13-7-9/h4,6-7H,2-3,5H2,1H3. The van der Waals surface area contributed by atoms with E-state index in [0.29, 0.717) is 17.9 Å². The van der Waals surface area contributed by atoms with Crippen LogP contribution in [0, 0.1) is 6.92 Å². The quantitative estimate of drug-likeness (QED) is 0.676. The molecule has 0 radical (unpaired) electrons. The number of hydrogen-bond donors (Lipinski definition) is 0. The molecule has 2 heterocycles. The van der Waals surface area contributed by atoms with Gasteiger partial charge in [-0.2, -0.15) is 0 Å². The van der Waals surface area contributed by atoms with Gasteiger partial charge in [-0.3, -0.25) is 4.79 Å². The van der Waals surface area contributed by atoms with Crippen LogP contribution in [0.25, 0.3) is 0 Å². The van der Waals surface area contributed by atoms with Gasteiger partial charge in [0.1, 0.15) is 5.76 Å². The van der Waals surface area contributed by atoms with Gasteiger partial charge < -0.3 is 9.15 Å². The maximum Gasteiger partial charge on any atom is 0.195 e. The molecule has 1 aliphatic rings. The van der Waals surface area contributed by atoms with Gasteiger partial charge in [0.05, 0.1) is 24.7 Å². The summed E-state index contributed by atoms with van der Waals surface area (Å²) in [4.78, 5) is 11.9. The number of allylic oxidation sites excluding steroid dienone is 1. The molecule has 0 aliphatic carbocycles. The lowest BCUT2D eigenvalue weighted by Crippen LogP contribution is -2.09. The number of furan rings is 1. The van der Waals surface area contributed by atoms with Crippen LogP contribution in [0.2, 0.25) is 0 Å². The second-order valence-electron chi connectivity index (χ2n) is 3.34. The van der Waals surface area contributed by atoms with Crippen LogP contribution < -0.4 is 0 Å². The van der Waals surface area contributed by atoms with Crippen molar-refractivity contribution in [2.75, 3.05) is 6.61 Å². The van der Waals surface area contributed by atoms with Crippen LogP contribution in [-0.2, 0) is 4.74 Å². The predicted octanol–water partition coefficient (Wildman–Crippen LogP) is 2.47. The molecular formula is C11H12O3. The smallest absolute Gasteiger partial charge is 0.195 e. The molecule has 0 spiro atoms. The summed E-state index contributed by atoms with van der Waals surface area (Å²) >= 11 is 0. The van der Waals surface area contributed by atoms with Gasteiger partial charge in [-0.15, -0.1) is 0 Å². The lowest BCUT2D eigenvalue weighted by atomic mass is 10.0. The minimum atomic E-state index is 0.0240. The van der Waals surface area contributed by atoms with Gasteiger partial charge >= 0.3 is 0 Å². The van der Waals surface area contributed by atoms with Crippen LogP contribution in [0.3, 0.4) is 0 Å². The number of hydrogen-bond acceptors (Lipinski definition) is 3. The molecule has 2 rings (SSSR count). The van der Waals surface area contributed by atoms with Crippen molar-refractivity contribution in [1.82, 2.24) is 0 Å². The molecule has 3 nitrogen and oxygen atoms in total. The van der Waals surface area contributed by atoms with E-state index in [1.165, 1.54) is 6.26 Å². The van der Waals surface area contributed by atoms with Crippen molar-refractivity contribution in [1.29, 1.82) is 0 Å². The zero-order valence-electron chi connectivity index (χ0n) is 8.08. The molecule has 0 aromatic carbocycles. The molecule has 0 fully saturated rings. The van der Waals surface area contributed by atoms with Gasteiger partial charge in [-0.05, 0) is 25.8 Å². The first-order valence-electron chi connectivity index (χ1n) is 4.68. The summed E-state index contributed by atoms with van der Waals surface area (Å²) in [6.07, 6.45) is 4.81. The highest BCUT2D eigenvalue weighted by Gasteiger charge is 2.18. The average Bonchev–Trinajstić information content (AvgIpc) is 2.65. The summed E-state index contributed by atoms with van der Waals surface area (Å²) < 4.78 is 10.2. The Morgan fingerprint density at radius 3 is 2.93 bits per heavy atom. The zero-order chi connectivity index (χ0) is 9.97. The lowest BCUT2D eigenvalue weighted by Gasteiger charge is -2.11. The zero-order valence-corrected chi connectivity index (χ0v) is 8.08. The van der Waals surface area contributed by atoms with E-state index in [1.54, 1.807) is 19.3 Å². The molecular weight excluding hydrogens is 180 g/mol. The second kappa shape index (κ2) is 3.70. The maximum atomic E-state index is 11.9. The topological polar surface area (TPSA) is 39.4 Å². The summed E-state index contributed by atoms with van der Waals surface area (Å²) in [7, 11) is 0. The monoisotopic (exact) mass is 192 g/mol. The van der Waals surface area contributed by atoms with Crippen molar-refractivity contribution in [3.8, 4) is 0 Å². The first-order valence-corrected chi connectivity index (χ1v) is 4.68. The van der Waals surface area contributed by atoms with E-state index in [-0.39, 0.29) is 5.78 Å². The van der Waals surface area contributed by atoms with E-state index in [2.05, 4.69) is 0 Å². The van der Waals surface area contributed by atoms with Crippen molar-refractivity contribution in [3.63, 3.8) is 0 Å². The van der Waals surface area contributed by atoms with Gasteiger partial charge in [0, 0.05) is 5.57 Å².